The van der Waals surface area contributed by atoms with Gasteiger partial charge in [0.25, 0.3) is 5.56 Å². The maximum Gasteiger partial charge on any atom is 0.252 e. The molecule has 2 N–H and O–H groups in total. The first-order valence-corrected chi connectivity index (χ1v) is 6.75. The third-order valence-electron chi connectivity index (χ3n) is 3.65. The molecule has 0 fully saturated rings. The van der Waals surface area contributed by atoms with E-state index < -0.39 is 0 Å². The molecular weight excluding hydrogens is 272 g/mol. The Labute approximate surface area is 122 Å². The zero-order valence-electron chi connectivity index (χ0n) is 10.8. The Morgan fingerprint density at radius 3 is 2.90 bits per heavy atom. The van der Waals surface area contributed by atoms with Gasteiger partial charge in [-0.1, -0.05) is 17.5 Å². The molecule has 0 spiro atoms. The molecule has 0 saturated carbocycles. The third kappa shape index (κ3) is 1.99. The van der Waals surface area contributed by atoms with Crippen molar-refractivity contribution in [3.8, 4) is 23.5 Å². The molecule has 4 heteroatoms. The van der Waals surface area contributed by atoms with E-state index in [2.05, 4.69) is 5.92 Å². The van der Waals surface area contributed by atoms with E-state index in [1.165, 1.54) is 0 Å². The van der Waals surface area contributed by atoms with Crippen LogP contribution in [0.1, 0.15) is 18.2 Å². The molecule has 0 aliphatic carbocycles. The molecule has 1 aromatic heterocycles. The molecular formula is C16H13ClN2O. The van der Waals surface area contributed by atoms with E-state index in [-0.39, 0.29) is 11.6 Å². The van der Waals surface area contributed by atoms with Crippen LogP contribution in [0.5, 0.6) is 0 Å². The third-order valence-corrected chi connectivity index (χ3v) is 3.89. The standard InChI is InChI=1S/C16H13ClN2O/c1-2-12-4-5-13-7-10(8-16(20)19(12)13)14-9-11(17)3-6-15(14)18/h1,3,6-9,12H,4-5,18H2. The fourth-order valence-electron chi connectivity index (χ4n) is 2.69. The highest BCUT2D eigenvalue weighted by atomic mass is 35.5. The van der Waals surface area contributed by atoms with Gasteiger partial charge in [-0.05, 0) is 42.7 Å². The molecule has 0 amide bonds. The number of nitrogen functional groups attached to an aromatic ring is 1. The predicted octanol–water partition coefficient (Wildman–Crippen LogP) is 2.87. The fraction of sp³-hybridized carbons (Fsp3) is 0.188. The molecule has 0 radical (unpaired) electrons. The van der Waals surface area contributed by atoms with Crippen molar-refractivity contribution in [3.63, 3.8) is 0 Å². The van der Waals surface area contributed by atoms with E-state index in [0.29, 0.717) is 10.7 Å². The lowest BCUT2D eigenvalue weighted by Crippen LogP contribution is -2.21. The minimum atomic E-state index is -0.136. The molecule has 20 heavy (non-hydrogen) atoms. The number of terminal acetylenes is 1. The van der Waals surface area contributed by atoms with Crippen molar-refractivity contribution < 1.29 is 0 Å². The number of hydrogen-bond acceptors (Lipinski definition) is 2. The first-order chi connectivity index (χ1) is 9.60. The zero-order chi connectivity index (χ0) is 14.3. The van der Waals surface area contributed by atoms with Gasteiger partial charge in [0, 0.05) is 28.0 Å². The van der Waals surface area contributed by atoms with Gasteiger partial charge in [-0.15, -0.1) is 6.42 Å². The Hall–Kier alpha value is -2.18. The molecule has 3 nitrogen and oxygen atoms in total. The molecule has 2 heterocycles. The largest absolute Gasteiger partial charge is 0.398 e. The lowest BCUT2D eigenvalue weighted by atomic mass is 10.0. The minimum Gasteiger partial charge on any atom is -0.398 e. The topological polar surface area (TPSA) is 48.0 Å². The minimum absolute atomic E-state index is 0.0858. The van der Waals surface area contributed by atoms with Crippen molar-refractivity contribution in [3.05, 3.63) is 51.4 Å². The summed E-state index contributed by atoms with van der Waals surface area (Å²) in [6.07, 6.45) is 7.07. The molecule has 1 aliphatic rings. The first kappa shape index (κ1) is 12.8. The van der Waals surface area contributed by atoms with Crippen LogP contribution >= 0.6 is 11.6 Å². The number of hydrogen-bond donors (Lipinski definition) is 1. The summed E-state index contributed by atoms with van der Waals surface area (Å²) in [5.74, 6) is 2.66. The highest BCUT2D eigenvalue weighted by molar-refractivity contribution is 6.31. The second kappa shape index (κ2) is 4.73. The van der Waals surface area contributed by atoms with Gasteiger partial charge in [0.15, 0.2) is 0 Å². The number of nitrogens with zero attached hydrogens (tertiary/aromatic N) is 1. The van der Waals surface area contributed by atoms with Crippen LogP contribution in [0.25, 0.3) is 11.1 Å². The molecule has 1 aliphatic heterocycles. The summed E-state index contributed by atoms with van der Waals surface area (Å²) in [5.41, 5.74) is 9.01. The molecule has 100 valence electrons. The molecule has 1 atom stereocenters. The van der Waals surface area contributed by atoms with E-state index in [1.807, 2.05) is 6.07 Å². The monoisotopic (exact) mass is 284 g/mol. The predicted molar refractivity (Wildman–Crippen MR) is 81.8 cm³/mol. The average molecular weight is 285 g/mol. The Morgan fingerprint density at radius 2 is 2.15 bits per heavy atom. The Bertz CT molecular complexity index is 786. The van der Waals surface area contributed by atoms with Crippen molar-refractivity contribution >= 4 is 17.3 Å². The van der Waals surface area contributed by atoms with Gasteiger partial charge in [0.2, 0.25) is 0 Å². The van der Waals surface area contributed by atoms with E-state index >= 15 is 0 Å². The summed E-state index contributed by atoms with van der Waals surface area (Å²) in [6, 6.07) is 8.66. The number of pyridine rings is 1. The number of nitrogens with two attached hydrogens (primary N) is 1. The van der Waals surface area contributed by atoms with E-state index in [1.54, 1.807) is 28.8 Å². The van der Waals surface area contributed by atoms with Crippen LogP contribution in [-0.2, 0) is 6.42 Å². The molecule has 2 aromatic rings. The Morgan fingerprint density at radius 1 is 1.35 bits per heavy atom. The highest BCUT2D eigenvalue weighted by Crippen LogP contribution is 2.31. The van der Waals surface area contributed by atoms with E-state index in [9.17, 15) is 4.79 Å². The Kier molecular flexibility index (Phi) is 3.04. The van der Waals surface area contributed by atoms with Gasteiger partial charge in [0.05, 0.1) is 6.04 Å². The van der Waals surface area contributed by atoms with E-state index in [4.69, 9.17) is 23.8 Å². The number of rotatable bonds is 1. The van der Waals surface area contributed by atoms with Crippen molar-refractivity contribution in [2.45, 2.75) is 18.9 Å². The number of aryl methyl sites for hydroxylation is 1. The van der Waals surface area contributed by atoms with Crippen LogP contribution in [-0.4, -0.2) is 4.57 Å². The van der Waals surface area contributed by atoms with Crippen LogP contribution in [0.2, 0.25) is 5.02 Å². The van der Waals surface area contributed by atoms with Crippen LogP contribution in [0.3, 0.4) is 0 Å². The lowest BCUT2D eigenvalue weighted by Gasteiger charge is -2.11. The second-order valence-electron chi connectivity index (χ2n) is 4.90. The number of fused-ring (bicyclic) bond motifs is 1. The second-order valence-corrected chi connectivity index (χ2v) is 5.33. The molecule has 1 aromatic carbocycles. The summed E-state index contributed by atoms with van der Waals surface area (Å²) in [6.45, 7) is 0. The van der Waals surface area contributed by atoms with Crippen molar-refractivity contribution in [2.24, 2.45) is 0 Å². The summed E-state index contributed by atoms with van der Waals surface area (Å²) in [7, 11) is 0. The van der Waals surface area contributed by atoms with Gasteiger partial charge < -0.3 is 5.73 Å². The fourth-order valence-corrected chi connectivity index (χ4v) is 2.86. The van der Waals surface area contributed by atoms with Crippen LogP contribution in [0.15, 0.2) is 35.1 Å². The van der Waals surface area contributed by atoms with E-state index in [0.717, 1.165) is 29.7 Å². The summed E-state index contributed by atoms with van der Waals surface area (Å²) >= 11 is 6.00. The summed E-state index contributed by atoms with van der Waals surface area (Å²) in [5, 5.41) is 0.594. The first-order valence-electron chi connectivity index (χ1n) is 6.37. The van der Waals surface area contributed by atoms with Crippen molar-refractivity contribution in [1.82, 2.24) is 4.57 Å². The van der Waals surface area contributed by atoms with Gasteiger partial charge in [0.1, 0.15) is 0 Å². The maximum atomic E-state index is 12.3. The number of halogens is 1. The maximum absolute atomic E-state index is 12.3. The molecule has 3 rings (SSSR count). The molecule has 0 bridgehead atoms. The average Bonchev–Trinajstić information content (AvgIpc) is 2.85. The van der Waals surface area contributed by atoms with Crippen molar-refractivity contribution in [1.29, 1.82) is 0 Å². The number of aromatic nitrogens is 1. The highest BCUT2D eigenvalue weighted by Gasteiger charge is 2.22. The van der Waals surface area contributed by atoms with Gasteiger partial charge in [-0.25, -0.2) is 0 Å². The van der Waals surface area contributed by atoms with Crippen LogP contribution in [0.4, 0.5) is 5.69 Å². The smallest absolute Gasteiger partial charge is 0.252 e. The van der Waals surface area contributed by atoms with Crippen LogP contribution < -0.4 is 11.3 Å². The van der Waals surface area contributed by atoms with Crippen molar-refractivity contribution in [2.75, 3.05) is 5.73 Å². The summed E-state index contributed by atoms with van der Waals surface area (Å²) < 4.78 is 1.68. The number of anilines is 1. The number of benzene rings is 1. The van der Waals surface area contributed by atoms with Gasteiger partial charge >= 0.3 is 0 Å². The molecule has 1 unspecified atom stereocenters. The van der Waals surface area contributed by atoms with Gasteiger partial charge in [-0.3, -0.25) is 9.36 Å². The lowest BCUT2D eigenvalue weighted by molar-refractivity contribution is 0.642. The summed E-state index contributed by atoms with van der Waals surface area (Å²) in [4.78, 5) is 12.3. The Balaban J connectivity index is 2.19. The van der Waals surface area contributed by atoms with Gasteiger partial charge in [-0.2, -0.15) is 0 Å². The normalized spacial score (nSPS) is 16.7. The SMILES string of the molecule is C#CC1CCc2cc(-c3cc(Cl)ccc3N)cc(=O)n21. The zero-order valence-corrected chi connectivity index (χ0v) is 11.5. The molecule has 0 saturated heterocycles. The quantitative estimate of drug-likeness (QED) is 0.646. The van der Waals surface area contributed by atoms with Crippen LogP contribution in [0, 0.1) is 12.3 Å².